The Balaban J connectivity index is 1.87. The van der Waals surface area contributed by atoms with Gasteiger partial charge in [-0.15, -0.1) is 0 Å². The van der Waals surface area contributed by atoms with Crippen molar-refractivity contribution < 1.29 is 4.74 Å². The van der Waals surface area contributed by atoms with Crippen LogP contribution in [0.5, 0.6) is 0 Å². The second-order valence-electron chi connectivity index (χ2n) is 4.62. The molecule has 0 unspecified atom stereocenters. The second-order valence-corrected chi connectivity index (χ2v) is 4.62. The van der Waals surface area contributed by atoms with Crippen LogP contribution in [0.25, 0.3) is 0 Å². The lowest BCUT2D eigenvalue weighted by Gasteiger charge is -2.30. The Morgan fingerprint density at radius 3 is 2.67 bits per heavy atom. The minimum absolute atomic E-state index is 0.869. The number of piperidine rings is 1. The number of rotatable bonds is 7. The van der Waals surface area contributed by atoms with Crippen LogP contribution in [0.15, 0.2) is 0 Å². The van der Waals surface area contributed by atoms with Gasteiger partial charge in [-0.25, -0.2) is 0 Å². The van der Waals surface area contributed by atoms with E-state index in [9.17, 15) is 0 Å². The zero-order valence-corrected chi connectivity index (χ0v) is 10.3. The van der Waals surface area contributed by atoms with Gasteiger partial charge in [0, 0.05) is 26.8 Å². The van der Waals surface area contributed by atoms with Gasteiger partial charge < -0.3 is 15.0 Å². The average molecular weight is 214 g/mol. The van der Waals surface area contributed by atoms with Gasteiger partial charge in [-0.1, -0.05) is 6.92 Å². The third-order valence-electron chi connectivity index (χ3n) is 3.18. The molecular formula is C12H26N2O. The molecule has 0 aromatic carbocycles. The van der Waals surface area contributed by atoms with Crippen molar-refractivity contribution in [3.63, 3.8) is 0 Å². The number of likely N-dealkylation sites (tertiary alicyclic amines) is 1. The number of nitrogens with one attached hydrogen (secondary N) is 1. The molecule has 0 radical (unpaired) electrons. The maximum Gasteiger partial charge on any atom is 0.0474 e. The van der Waals surface area contributed by atoms with E-state index in [4.69, 9.17) is 4.74 Å². The Hall–Kier alpha value is -0.120. The molecule has 1 N–H and O–H groups in total. The summed E-state index contributed by atoms with van der Waals surface area (Å²) in [5.74, 6) is 0.941. The van der Waals surface area contributed by atoms with Gasteiger partial charge in [0.25, 0.3) is 0 Å². The molecule has 1 fully saturated rings. The lowest BCUT2D eigenvalue weighted by molar-refractivity contribution is 0.185. The van der Waals surface area contributed by atoms with Crippen molar-refractivity contribution in [1.29, 1.82) is 0 Å². The number of methoxy groups -OCH3 is 1. The van der Waals surface area contributed by atoms with Gasteiger partial charge in [-0.05, 0) is 44.8 Å². The van der Waals surface area contributed by atoms with E-state index in [0.717, 1.165) is 32.0 Å². The van der Waals surface area contributed by atoms with E-state index in [1.54, 1.807) is 7.11 Å². The average Bonchev–Trinajstić information content (AvgIpc) is 2.26. The topological polar surface area (TPSA) is 24.5 Å². The molecule has 0 aromatic heterocycles. The van der Waals surface area contributed by atoms with Crippen LogP contribution in [0.4, 0.5) is 0 Å². The van der Waals surface area contributed by atoms with Crippen LogP contribution in [0.3, 0.4) is 0 Å². The molecule has 0 bridgehead atoms. The van der Waals surface area contributed by atoms with E-state index < -0.39 is 0 Å². The van der Waals surface area contributed by atoms with Crippen LogP contribution < -0.4 is 5.32 Å². The molecule has 3 nitrogen and oxygen atoms in total. The van der Waals surface area contributed by atoms with Crippen molar-refractivity contribution >= 4 is 0 Å². The van der Waals surface area contributed by atoms with Crippen LogP contribution in [-0.4, -0.2) is 51.3 Å². The summed E-state index contributed by atoms with van der Waals surface area (Å²) in [5, 5.41) is 3.46. The third kappa shape index (κ3) is 6.13. The molecule has 0 aromatic rings. The van der Waals surface area contributed by atoms with E-state index in [0.29, 0.717) is 0 Å². The van der Waals surface area contributed by atoms with E-state index in [1.165, 1.54) is 32.5 Å². The van der Waals surface area contributed by atoms with Gasteiger partial charge in [-0.3, -0.25) is 0 Å². The fraction of sp³-hybridized carbons (Fsp3) is 1.00. The van der Waals surface area contributed by atoms with Crippen molar-refractivity contribution in [2.45, 2.75) is 26.2 Å². The van der Waals surface area contributed by atoms with Gasteiger partial charge in [0.1, 0.15) is 0 Å². The molecule has 1 heterocycles. The highest BCUT2D eigenvalue weighted by Gasteiger charge is 2.14. The first kappa shape index (κ1) is 12.9. The molecule has 0 saturated carbocycles. The Bertz CT molecular complexity index is 145. The molecule has 1 aliphatic rings. The predicted octanol–water partition coefficient (Wildman–Crippen LogP) is 1.34. The summed E-state index contributed by atoms with van der Waals surface area (Å²) in [5.41, 5.74) is 0. The standard InChI is InChI=1S/C12H26N2O/c1-12-4-8-14(9-5-12)10-7-13-6-3-11-15-2/h12-13H,3-11H2,1-2H3. The van der Waals surface area contributed by atoms with E-state index in [1.807, 2.05) is 0 Å². The number of ether oxygens (including phenoxy) is 1. The molecule has 0 amide bonds. The van der Waals surface area contributed by atoms with Crippen molar-refractivity contribution in [2.75, 3.05) is 46.4 Å². The smallest absolute Gasteiger partial charge is 0.0474 e. The zero-order valence-electron chi connectivity index (χ0n) is 10.3. The minimum atomic E-state index is 0.869. The third-order valence-corrected chi connectivity index (χ3v) is 3.18. The van der Waals surface area contributed by atoms with Gasteiger partial charge in [0.2, 0.25) is 0 Å². The van der Waals surface area contributed by atoms with Crippen LogP contribution in [0, 0.1) is 5.92 Å². The molecule has 3 heteroatoms. The molecule has 90 valence electrons. The number of nitrogens with zero attached hydrogens (tertiary/aromatic N) is 1. The lowest BCUT2D eigenvalue weighted by atomic mass is 9.99. The van der Waals surface area contributed by atoms with E-state index >= 15 is 0 Å². The fourth-order valence-electron chi connectivity index (χ4n) is 1.99. The number of hydrogen-bond donors (Lipinski definition) is 1. The Kier molecular flexibility index (Phi) is 6.98. The number of hydrogen-bond acceptors (Lipinski definition) is 3. The summed E-state index contributed by atoms with van der Waals surface area (Å²) in [7, 11) is 1.76. The van der Waals surface area contributed by atoms with Crippen molar-refractivity contribution in [1.82, 2.24) is 10.2 Å². The van der Waals surface area contributed by atoms with Gasteiger partial charge in [-0.2, -0.15) is 0 Å². The summed E-state index contributed by atoms with van der Waals surface area (Å²) < 4.78 is 5.00. The fourth-order valence-corrected chi connectivity index (χ4v) is 1.99. The molecule has 15 heavy (non-hydrogen) atoms. The molecule has 0 atom stereocenters. The summed E-state index contributed by atoms with van der Waals surface area (Å²) in [6.07, 6.45) is 3.88. The summed E-state index contributed by atoms with van der Waals surface area (Å²) in [6, 6.07) is 0. The summed E-state index contributed by atoms with van der Waals surface area (Å²) >= 11 is 0. The highest BCUT2D eigenvalue weighted by atomic mass is 16.5. The van der Waals surface area contributed by atoms with Crippen LogP contribution in [-0.2, 0) is 4.74 Å². The summed E-state index contributed by atoms with van der Waals surface area (Å²) in [4.78, 5) is 2.57. The second kappa shape index (κ2) is 8.08. The predicted molar refractivity (Wildman–Crippen MR) is 64.2 cm³/mol. The quantitative estimate of drug-likeness (QED) is 0.647. The van der Waals surface area contributed by atoms with Crippen LogP contribution >= 0.6 is 0 Å². The van der Waals surface area contributed by atoms with Crippen LogP contribution in [0.1, 0.15) is 26.2 Å². The van der Waals surface area contributed by atoms with Crippen molar-refractivity contribution in [3.8, 4) is 0 Å². The van der Waals surface area contributed by atoms with Crippen LogP contribution in [0.2, 0.25) is 0 Å². The molecule has 1 saturated heterocycles. The Labute approximate surface area is 94.2 Å². The van der Waals surface area contributed by atoms with Gasteiger partial charge in [0.15, 0.2) is 0 Å². The van der Waals surface area contributed by atoms with E-state index in [-0.39, 0.29) is 0 Å². The summed E-state index contributed by atoms with van der Waals surface area (Å²) in [6.45, 7) is 9.23. The first-order valence-electron chi connectivity index (χ1n) is 6.25. The highest BCUT2D eigenvalue weighted by Crippen LogP contribution is 2.14. The SMILES string of the molecule is COCCCNCCN1CCC(C)CC1. The highest BCUT2D eigenvalue weighted by molar-refractivity contribution is 4.69. The largest absolute Gasteiger partial charge is 0.385 e. The van der Waals surface area contributed by atoms with Gasteiger partial charge in [0.05, 0.1) is 0 Å². The van der Waals surface area contributed by atoms with Gasteiger partial charge >= 0.3 is 0 Å². The maximum atomic E-state index is 5.00. The van der Waals surface area contributed by atoms with Crippen molar-refractivity contribution in [2.24, 2.45) is 5.92 Å². The maximum absolute atomic E-state index is 5.00. The monoisotopic (exact) mass is 214 g/mol. The first-order chi connectivity index (χ1) is 7.33. The minimum Gasteiger partial charge on any atom is -0.385 e. The molecule has 1 aliphatic heterocycles. The Morgan fingerprint density at radius 2 is 2.00 bits per heavy atom. The molecule has 0 aliphatic carbocycles. The van der Waals surface area contributed by atoms with Crippen molar-refractivity contribution in [3.05, 3.63) is 0 Å². The Morgan fingerprint density at radius 1 is 1.27 bits per heavy atom. The molecule has 0 spiro atoms. The normalized spacial score (nSPS) is 19.6. The first-order valence-corrected chi connectivity index (χ1v) is 6.25. The lowest BCUT2D eigenvalue weighted by Crippen LogP contribution is -2.38. The van der Waals surface area contributed by atoms with E-state index in [2.05, 4.69) is 17.1 Å². The zero-order chi connectivity index (χ0) is 10.9. The molecular weight excluding hydrogens is 188 g/mol. The molecule has 1 rings (SSSR count).